The normalized spacial score (nSPS) is 26.8. The number of nitrogens with zero attached hydrogens (tertiary/aromatic N) is 2. The number of carboxylic acid groups (broad SMARTS) is 1. The molecule has 4 heteroatoms. The van der Waals surface area contributed by atoms with Gasteiger partial charge in [-0.1, -0.05) is 12.8 Å². The molecular weight excluding hydrogens is 240 g/mol. The van der Waals surface area contributed by atoms with Crippen molar-refractivity contribution in [3.05, 3.63) is 24.0 Å². The van der Waals surface area contributed by atoms with Gasteiger partial charge in [0.25, 0.3) is 0 Å². The Labute approximate surface area is 113 Å². The maximum Gasteiger partial charge on any atom is 0.337 e. The molecule has 2 heterocycles. The molecule has 1 saturated heterocycles. The summed E-state index contributed by atoms with van der Waals surface area (Å²) in [6, 6.07) is 2.13. The smallest absolute Gasteiger partial charge is 0.337 e. The Morgan fingerprint density at radius 3 is 2.89 bits per heavy atom. The SMILES string of the molecule is O=C(O)c1ccncc1N1CCCC2CCCCC21. The molecule has 1 saturated carbocycles. The molecule has 1 aliphatic heterocycles. The number of fused-ring (bicyclic) bond motifs is 1. The molecule has 1 aromatic rings. The van der Waals surface area contributed by atoms with E-state index < -0.39 is 5.97 Å². The maximum absolute atomic E-state index is 11.4. The van der Waals surface area contributed by atoms with Gasteiger partial charge in [0, 0.05) is 18.8 Å². The van der Waals surface area contributed by atoms with E-state index in [2.05, 4.69) is 9.88 Å². The van der Waals surface area contributed by atoms with Crippen molar-refractivity contribution < 1.29 is 9.90 Å². The number of aromatic nitrogens is 1. The molecule has 0 bridgehead atoms. The van der Waals surface area contributed by atoms with Crippen LogP contribution in [0.1, 0.15) is 48.9 Å². The lowest BCUT2D eigenvalue weighted by Gasteiger charge is -2.45. The first-order chi connectivity index (χ1) is 9.27. The van der Waals surface area contributed by atoms with Crippen LogP contribution in [0.5, 0.6) is 0 Å². The van der Waals surface area contributed by atoms with E-state index in [9.17, 15) is 9.90 Å². The van der Waals surface area contributed by atoms with E-state index in [0.29, 0.717) is 11.6 Å². The summed E-state index contributed by atoms with van der Waals surface area (Å²) in [7, 11) is 0. The van der Waals surface area contributed by atoms with E-state index in [1.807, 2.05) is 0 Å². The maximum atomic E-state index is 11.4. The molecule has 0 amide bonds. The summed E-state index contributed by atoms with van der Waals surface area (Å²) in [4.78, 5) is 17.8. The standard InChI is InChI=1S/C15H20N2O2/c18-15(19)12-7-8-16-10-14(12)17-9-3-5-11-4-1-2-6-13(11)17/h7-8,10-11,13H,1-6,9H2,(H,18,19). The number of hydrogen-bond acceptors (Lipinski definition) is 3. The van der Waals surface area contributed by atoms with Gasteiger partial charge in [-0.25, -0.2) is 4.79 Å². The summed E-state index contributed by atoms with van der Waals surface area (Å²) in [5, 5.41) is 9.34. The van der Waals surface area contributed by atoms with Gasteiger partial charge >= 0.3 is 5.97 Å². The molecule has 2 aliphatic rings. The Hall–Kier alpha value is -1.58. The highest BCUT2D eigenvalue weighted by Crippen LogP contribution is 2.38. The van der Waals surface area contributed by atoms with Crippen LogP contribution in [-0.2, 0) is 0 Å². The number of carboxylic acids is 1. The topological polar surface area (TPSA) is 53.4 Å². The minimum Gasteiger partial charge on any atom is -0.478 e. The largest absolute Gasteiger partial charge is 0.478 e. The van der Waals surface area contributed by atoms with Gasteiger partial charge in [-0.2, -0.15) is 0 Å². The van der Waals surface area contributed by atoms with E-state index in [4.69, 9.17) is 0 Å². The highest BCUT2D eigenvalue weighted by molar-refractivity contribution is 5.94. The average Bonchev–Trinajstić information content (AvgIpc) is 2.46. The van der Waals surface area contributed by atoms with Crippen LogP contribution in [0.3, 0.4) is 0 Å². The van der Waals surface area contributed by atoms with E-state index in [-0.39, 0.29) is 0 Å². The highest BCUT2D eigenvalue weighted by atomic mass is 16.4. The summed E-state index contributed by atoms with van der Waals surface area (Å²) < 4.78 is 0. The predicted molar refractivity (Wildman–Crippen MR) is 73.5 cm³/mol. The third-order valence-electron chi connectivity index (χ3n) is 4.58. The van der Waals surface area contributed by atoms with Crippen LogP contribution in [0.25, 0.3) is 0 Å². The molecule has 1 aromatic heterocycles. The van der Waals surface area contributed by atoms with Crippen molar-refractivity contribution in [3.8, 4) is 0 Å². The first-order valence-corrected chi connectivity index (χ1v) is 7.21. The van der Waals surface area contributed by atoms with E-state index >= 15 is 0 Å². The van der Waals surface area contributed by atoms with Gasteiger partial charge < -0.3 is 10.0 Å². The third kappa shape index (κ3) is 2.31. The predicted octanol–water partition coefficient (Wildman–Crippen LogP) is 2.94. The lowest BCUT2D eigenvalue weighted by molar-refractivity contribution is 0.0697. The number of hydrogen-bond donors (Lipinski definition) is 1. The van der Waals surface area contributed by atoms with Gasteiger partial charge in [0.2, 0.25) is 0 Å². The number of carbonyl (C=O) groups is 1. The van der Waals surface area contributed by atoms with Crippen LogP contribution in [-0.4, -0.2) is 28.6 Å². The fraction of sp³-hybridized carbons (Fsp3) is 0.600. The Kier molecular flexibility index (Phi) is 3.40. The van der Waals surface area contributed by atoms with Crippen molar-refractivity contribution in [2.24, 2.45) is 5.92 Å². The molecule has 4 nitrogen and oxygen atoms in total. The third-order valence-corrected chi connectivity index (χ3v) is 4.58. The van der Waals surface area contributed by atoms with Gasteiger partial charge in [0.15, 0.2) is 0 Å². The molecule has 3 rings (SSSR count). The Balaban J connectivity index is 1.94. The van der Waals surface area contributed by atoms with Crippen molar-refractivity contribution in [2.45, 2.75) is 44.6 Å². The van der Waals surface area contributed by atoms with Crippen molar-refractivity contribution in [1.82, 2.24) is 4.98 Å². The number of piperidine rings is 1. The van der Waals surface area contributed by atoms with E-state index in [0.717, 1.165) is 24.6 Å². The second-order valence-electron chi connectivity index (χ2n) is 5.65. The number of pyridine rings is 1. The molecular formula is C15H20N2O2. The minimum atomic E-state index is -0.852. The fourth-order valence-corrected chi connectivity index (χ4v) is 3.72. The monoisotopic (exact) mass is 260 g/mol. The van der Waals surface area contributed by atoms with Crippen LogP contribution in [0.15, 0.2) is 18.5 Å². The molecule has 19 heavy (non-hydrogen) atoms. The minimum absolute atomic E-state index is 0.390. The molecule has 102 valence electrons. The summed E-state index contributed by atoms with van der Waals surface area (Å²) in [5.41, 5.74) is 1.20. The quantitative estimate of drug-likeness (QED) is 0.888. The Morgan fingerprint density at radius 2 is 2.05 bits per heavy atom. The molecule has 0 spiro atoms. The Bertz CT molecular complexity index is 473. The van der Waals surface area contributed by atoms with Crippen LogP contribution in [0.2, 0.25) is 0 Å². The van der Waals surface area contributed by atoms with Crippen LogP contribution in [0, 0.1) is 5.92 Å². The number of aromatic carboxylic acids is 1. The van der Waals surface area contributed by atoms with Crippen molar-refractivity contribution >= 4 is 11.7 Å². The number of rotatable bonds is 2. The molecule has 1 N–H and O–H groups in total. The average molecular weight is 260 g/mol. The highest BCUT2D eigenvalue weighted by Gasteiger charge is 2.34. The second kappa shape index (κ2) is 5.19. The van der Waals surface area contributed by atoms with Gasteiger partial charge in [0.05, 0.1) is 17.4 Å². The van der Waals surface area contributed by atoms with E-state index in [1.54, 1.807) is 18.5 Å². The van der Waals surface area contributed by atoms with Crippen molar-refractivity contribution in [2.75, 3.05) is 11.4 Å². The van der Waals surface area contributed by atoms with Crippen LogP contribution < -0.4 is 4.90 Å². The van der Waals surface area contributed by atoms with Gasteiger partial charge in [-0.15, -0.1) is 0 Å². The summed E-state index contributed by atoms with van der Waals surface area (Å²) >= 11 is 0. The van der Waals surface area contributed by atoms with Crippen LogP contribution >= 0.6 is 0 Å². The lowest BCUT2D eigenvalue weighted by atomic mass is 9.78. The van der Waals surface area contributed by atoms with Gasteiger partial charge in [-0.3, -0.25) is 4.98 Å². The van der Waals surface area contributed by atoms with Crippen LogP contribution in [0.4, 0.5) is 5.69 Å². The van der Waals surface area contributed by atoms with Gasteiger partial charge in [-0.05, 0) is 37.7 Å². The van der Waals surface area contributed by atoms with E-state index in [1.165, 1.54) is 32.1 Å². The molecule has 2 atom stereocenters. The first-order valence-electron chi connectivity index (χ1n) is 7.21. The van der Waals surface area contributed by atoms with Crippen molar-refractivity contribution in [1.29, 1.82) is 0 Å². The summed E-state index contributed by atoms with van der Waals surface area (Å²) in [5.74, 6) is -0.111. The fourth-order valence-electron chi connectivity index (χ4n) is 3.72. The zero-order valence-corrected chi connectivity index (χ0v) is 11.1. The second-order valence-corrected chi connectivity index (χ2v) is 5.65. The van der Waals surface area contributed by atoms with Crippen molar-refractivity contribution in [3.63, 3.8) is 0 Å². The number of anilines is 1. The molecule has 0 aromatic carbocycles. The molecule has 2 unspecified atom stereocenters. The summed E-state index contributed by atoms with van der Waals surface area (Å²) in [6.45, 7) is 0.965. The zero-order chi connectivity index (χ0) is 13.2. The Morgan fingerprint density at radius 1 is 1.26 bits per heavy atom. The summed E-state index contributed by atoms with van der Waals surface area (Å²) in [6.07, 6.45) is 10.8. The molecule has 0 radical (unpaired) electrons. The van der Waals surface area contributed by atoms with Gasteiger partial charge in [0.1, 0.15) is 0 Å². The molecule has 2 fully saturated rings. The zero-order valence-electron chi connectivity index (χ0n) is 11.1. The first kappa shape index (κ1) is 12.5. The molecule has 1 aliphatic carbocycles. The lowest BCUT2D eigenvalue weighted by Crippen LogP contribution is -2.47.